The zero-order valence-corrected chi connectivity index (χ0v) is 18.5. The number of anilines is 1. The fourth-order valence-corrected chi connectivity index (χ4v) is 4.67. The fourth-order valence-electron chi connectivity index (χ4n) is 4.67. The van der Waals surface area contributed by atoms with E-state index in [0.29, 0.717) is 55.5 Å². The normalized spacial score (nSPS) is 25.7. The molecule has 1 saturated carbocycles. The van der Waals surface area contributed by atoms with Crippen LogP contribution in [-0.4, -0.2) is 54.1 Å². The number of rotatable bonds is 5. The Morgan fingerprint density at radius 1 is 1.29 bits per heavy atom. The SMILES string of the molecule is CC1CCCC(NC(=O)C(C)N2CCN(c3oc(-c4ccco4)nc3C#N)CC2)C1C. The number of piperazine rings is 1. The molecule has 166 valence electrons. The van der Waals surface area contributed by atoms with E-state index in [1.807, 2.05) is 11.8 Å². The summed E-state index contributed by atoms with van der Waals surface area (Å²) in [6.07, 6.45) is 5.05. The third-order valence-corrected chi connectivity index (χ3v) is 7.01. The van der Waals surface area contributed by atoms with Crippen LogP contribution in [0.25, 0.3) is 11.7 Å². The Balaban J connectivity index is 1.35. The van der Waals surface area contributed by atoms with Crippen LogP contribution in [0.3, 0.4) is 0 Å². The van der Waals surface area contributed by atoms with E-state index in [-0.39, 0.29) is 23.7 Å². The van der Waals surface area contributed by atoms with Crippen LogP contribution >= 0.6 is 0 Å². The highest BCUT2D eigenvalue weighted by atomic mass is 16.4. The fraction of sp³-hybridized carbons (Fsp3) is 0.609. The average molecular weight is 426 g/mol. The van der Waals surface area contributed by atoms with Crippen molar-refractivity contribution in [3.05, 3.63) is 24.1 Å². The van der Waals surface area contributed by atoms with Crippen LogP contribution in [0.1, 0.15) is 45.7 Å². The van der Waals surface area contributed by atoms with Crippen molar-refractivity contribution in [1.82, 2.24) is 15.2 Å². The van der Waals surface area contributed by atoms with Crippen molar-refractivity contribution in [2.75, 3.05) is 31.1 Å². The monoisotopic (exact) mass is 425 g/mol. The minimum atomic E-state index is -0.185. The number of carbonyl (C=O) groups excluding carboxylic acids is 1. The van der Waals surface area contributed by atoms with Gasteiger partial charge in [-0.1, -0.05) is 26.7 Å². The molecule has 4 unspecified atom stereocenters. The molecule has 1 aliphatic carbocycles. The molecule has 1 saturated heterocycles. The molecule has 0 spiro atoms. The highest BCUT2D eigenvalue weighted by molar-refractivity contribution is 5.81. The molecule has 2 aromatic heterocycles. The van der Waals surface area contributed by atoms with Crippen molar-refractivity contribution in [3.63, 3.8) is 0 Å². The molecule has 2 fully saturated rings. The Kier molecular flexibility index (Phi) is 6.33. The quantitative estimate of drug-likeness (QED) is 0.785. The molecular formula is C23H31N5O3. The minimum absolute atomic E-state index is 0.108. The van der Waals surface area contributed by atoms with Crippen molar-refractivity contribution in [3.8, 4) is 17.7 Å². The van der Waals surface area contributed by atoms with Gasteiger partial charge in [-0.3, -0.25) is 9.69 Å². The summed E-state index contributed by atoms with van der Waals surface area (Å²) in [5.41, 5.74) is 0.256. The summed E-state index contributed by atoms with van der Waals surface area (Å²) in [4.78, 5) is 21.4. The largest absolute Gasteiger partial charge is 0.459 e. The van der Waals surface area contributed by atoms with Crippen LogP contribution in [0.2, 0.25) is 0 Å². The molecule has 2 aromatic rings. The highest BCUT2D eigenvalue weighted by Gasteiger charge is 2.32. The molecule has 0 radical (unpaired) electrons. The first kappa shape index (κ1) is 21.4. The molecule has 1 amide bonds. The Hall–Kier alpha value is -2.79. The number of hydrogen-bond donors (Lipinski definition) is 1. The molecule has 31 heavy (non-hydrogen) atoms. The van der Waals surface area contributed by atoms with Gasteiger partial charge in [-0.15, -0.1) is 0 Å². The van der Waals surface area contributed by atoms with E-state index in [0.717, 1.165) is 6.42 Å². The zero-order valence-electron chi connectivity index (χ0n) is 18.5. The second-order valence-electron chi connectivity index (χ2n) is 8.84. The van der Waals surface area contributed by atoms with Gasteiger partial charge in [0.15, 0.2) is 5.76 Å². The zero-order chi connectivity index (χ0) is 22.0. The van der Waals surface area contributed by atoms with E-state index >= 15 is 0 Å². The first-order valence-corrected chi connectivity index (χ1v) is 11.2. The van der Waals surface area contributed by atoms with Gasteiger partial charge in [-0.25, -0.2) is 0 Å². The van der Waals surface area contributed by atoms with Gasteiger partial charge in [-0.05, 0) is 37.3 Å². The molecule has 0 aromatic carbocycles. The number of nitriles is 1. The highest BCUT2D eigenvalue weighted by Crippen LogP contribution is 2.30. The van der Waals surface area contributed by atoms with Gasteiger partial charge in [0.05, 0.1) is 12.3 Å². The predicted molar refractivity (Wildman–Crippen MR) is 116 cm³/mol. The number of aromatic nitrogens is 1. The molecule has 4 atom stereocenters. The Labute approximate surface area is 183 Å². The maximum atomic E-state index is 12.9. The summed E-state index contributed by atoms with van der Waals surface area (Å²) < 4.78 is 11.2. The third-order valence-electron chi connectivity index (χ3n) is 7.01. The van der Waals surface area contributed by atoms with Crippen LogP contribution in [-0.2, 0) is 4.79 Å². The van der Waals surface area contributed by atoms with Gasteiger partial charge >= 0.3 is 0 Å². The summed E-state index contributed by atoms with van der Waals surface area (Å²) >= 11 is 0. The van der Waals surface area contributed by atoms with Crippen LogP contribution < -0.4 is 10.2 Å². The summed E-state index contributed by atoms with van der Waals surface area (Å²) in [6.45, 7) is 9.26. The summed E-state index contributed by atoms with van der Waals surface area (Å²) in [5, 5.41) is 12.8. The standard InChI is InChI=1S/C23H31N5O3/c1-15-6-4-7-18(16(15)2)25-21(29)17(3)27-9-11-28(12-10-27)23-19(14-24)26-22(31-23)20-8-5-13-30-20/h5,8,13,15-18H,4,6-7,9-12H2,1-3H3,(H,25,29). The van der Waals surface area contributed by atoms with Gasteiger partial charge in [0.1, 0.15) is 6.07 Å². The molecule has 1 aliphatic heterocycles. The number of nitrogens with one attached hydrogen (secondary N) is 1. The minimum Gasteiger partial charge on any atom is -0.459 e. The first-order chi connectivity index (χ1) is 15.0. The van der Waals surface area contributed by atoms with Gasteiger partial charge in [0.2, 0.25) is 17.5 Å². The molecule has 8 heteroatoms. The topological polar surface area (TPSA) is 98.5 Å². The van der Waals surface area contributed by atoms with E-state index < -0.39 is 0 Å². The van der Waals surface area contributed by atoms with Gasteiger partial charge in [0.25, 0.3) is 5.89 Å². The van der Waals surface area contributed by atoms with E-state index in [9.17, 15) is 10.1 Å². The Morgan fingerprint density at radius 3 is 2.74 bits per heavy atom. The van der Waals surface area contributed by atoms with Gasteiger partial charge in [0, 0.05) is 32.2 Å². The first-order valence-electron chi connectivity index (χ1n) is 11.2. The van der Waals surface area contributed by atoms with Crippen molar-refractivity contribution < 1.29 is 13.6 Å². The van der Waals surface area contributed by atoms with E-state index in [2.05, 4.69) is 35.1 Å². The molecule has 1 N–H and O–H groups in total. The second-order valence-corrected chi connectivity index (χ2v) is 8.84. The number of oxazole rings is 1. The molecular weight excluding hydrogens is 394 g/mol. The van der Waals surface area contributed by atoms with Crippen molar-refractivity contribution in [1.29, 1.82) is 5.26 Å². The molecule has 3 heterocycles. The third kappa shape index (κ3) is 4.47. The average Bonchev–Trinajstić information content (AvgIpc) is 3.46. The second kappa shape index (κ2) is 9.15. The lowest BCUT2D eigenvalue weighted by atomic mass is 9.78. The maximum Gasteiger partial charge on any atom is 0.266 e. The predicted octanol–water partition coefficient (Wildman–Crippen LogP) is 3.26. The number of nitrogens with zero attached hydrogens (tertiary/aromatic N) is 4. The summed E-state index contributed by atoms with van der Waals surface area (Å²) in [7, 11) is 0. The molecule has 8 nitrogen and oxygen atoms in total. The van der Waals surface area contributed by atoms with Crippen LogP contribution in [0.4, 0.5) is 5.88 Å². The van der Waals surface area contributed by atoms with Gasteiger partial charge < -0.3 is 19.1 Å². The van der Waals surface area contributed by atoms with E-state index in [4.69, 9.17) is 8.83 Å². The lowest BCUT2D eigenvalue weighted by Crippen LogP contribution is -2.56. The van der Waals surface area contributed by atoms with Crippen molar-refractivity contribution in [2.45, 2.75) is 52.1 Å². The lowest BCUT2D eigenvalue weighted by Gasteiger charge is -2.39. The molecule has 0 bridgehead atoms. The smallest absolute Gasteiger partial charge is 0.266 e. The van der Waals surface area contributed by atoms with Crippen LogP contribution in [0.5, 0.6) is 0 Å². The summed E-state index contributed by atoms with van der Waals surface area (Å²) in [6, 6.07) is 5.71. The van der Waals surface area contributed by atoms with E-state index in [1.54, 1.807) is 18.4 Å². The van der Waals surface area contributed by atoms with Crippen molar-refractivity contribution in [2.24, 2.45) is 11.8 Å². The number of hydrogen-bond acceptors (Lipinski definition) is 7. The number of carbonyl (C=O) groups is 1. The number of amides is 1. The number of furan rings is 1. The van der Waals surface area contributed by atoms with Gasteiger partial charge in [-0.2, -0.15) is 10.2 Å². The van der Waals surface area contributed by atoms with Crippen LogP contribution in [0.15, 0.2) is 27.2 Å². The Bertz CT molecular complexity index is 924. The Morgan fingerprint density at radius 2 is 2.06 bits per heavy atom. The summed E-state index contributed by atoms with van der Waals surface area (Å²) in [5.74, 6) is 2.55. The lowest BCUT2D eigenvalue weighted by molar-refractivity contribution is -0.127. The maximum absolute atomic E-state index is 12.9. The van der Waals surface area contributed by atoms with Crippen molar-refractivity contribution >= 4 is 11.8 Å². The molecule has 2 aliphatic rings. The molecule has 4 rings (SSSR count). The van der Waals surface area contributed by atoms with Crippen LogP contribution in [0, 0.1) is 23.2 Å². The van der Waals surface area contributed by atoms with E-state index in [1.165, 1.54) is 12.8 Å².